The third kappa shape index (κ3) is 5.84. The van der Waals surface area contributed by atoms with Crippen molar-refractivity contribution in [3.05, 3.63) is 70.7 Å². The zero-order valence-corrected chi connectivity index (χ0v) is 19.2. The highest BCUT2D eigenvalue weighted by atomic mass is 32.2. The molecule has 1 aliphatic rings. The van der Waals surface area contributed by atoms with Gasteiger partial charge in [0.05, 0.1) is 15.8 Å². The molecule has 0 saturated carbocycles. The Bertz CT molecular complexity index is 1230. The molecule has 0 N–H and O–H groups in total. The fraction of sp³-hybridized carbons (Fsp3) is 0.318. The minimum Gasteiger partial charge on any atom is -0.406 e. The van der Waals surface area contributed by atoms with Gasteiger partial charge in [0, 0.05) is 31.0 Å². The average Bonchev–Trinajstić information content (AvgIpc) is 3.21. The molecule has 182 valence electrons. The maximum Gasteiger partial charge on any atom is 0.573 e. The molecule has 0 bridgehead atoms. The van der Waals surface area contributed by atoms with Gasteiger partial charge in [0.25, 0.3) is 0 Å². The molecule has 34 heavy (non-hydrogen) atoms. The number of hydrogen-bond donors (Lipinski definition) is 0. The number of sulfone groups is 1. The maximum atomic E-state index is 13.4. The SMILES string of the molecule is O=S(=O)(c1ccc(OC(F)(F)F)cc1)C1CCN(c2nc(Cc3cc(F)cc(F)c3)cs2)CC1. The summed E-state index contributed by atoms with van der Waals surface area (Å²) in [4.78, 5) is 6.41. The highest BCUT2D eigenvalue weighted by molar-refractivity contribution is 7.92. The first-order valence-corrected chi connectivity index (χ1v) is 12.7. The third-order valence-corrected chi connectivity index (χ3v) is 8.61. The molecule has 1 aliphatic heterocycles. The van der Waals surface area contributed by atoms with E-state index in [0.29, 0.717) is 42.3 Å². The quantitative estimate of drug-likeness (QED) is 0.412. The topological polar surface area (TPSA) is 59.5 Å². The van der Waals surface area contributed by atoms with Crippen molar-refractivity contribution in [3.8, 4) is 5.75 Å². The highest BCUT2D eigenvalue weighted by Gasteiger charge is 2.33. The van der Waals surface area contributed by atoms with E-state index in [1.54, 1.807) is 5.38 Å². The molecule has 0 aliphatic carbocycles. The molecule has 4 rings (SSSR count). The lowest BCUT2D eigenvalue weighted by Gasteiger charge is -2.31. The Labute approximate surface area is 196 Å². The van der Waals surface area contributed by atoms with Gasteiger partial charge in [-0.15, -0.1) is 24.5 Å². The van der Waals surface area contributed by atoms with Crippen molar-refractivity contribution in [2.75, 3.05) is 18.0 Å². The predicted octanol–water partition coefficient (Wildman–Crippen LogP) is 5.35. The van der Waals surface area contributed by atoms with Crippen LogP contribution in [0.5, 0.6) is 5.75 Å². The van der Waals surface area contributed by atoms with Crippen molar-refractivity contribution in [1.29, 1.82) is 0 Å². The monoisotopic (exact) mass is 518 g/mol. The number of anilines is 1. The summed E-state index contributed by atoms with van der Waals surface area (Å²) >= 11 is 1.37. The van der Waals surface area contributed by atoms with E-state index in [9.17, 15) is 30.4 Å². The van der Waals surface area contributed by atoms with Crippen molar-refractivity contribution < 1.29 is 35.1 Å². The number of hydrogen-bond acceptors (Lipinski definition) is 6. The van der Waals surface area contributed by atoms with Gasteiger partial charge in [0.2, 0.25) is 0 Å². The van der Waals surface area contributed by atoms with Gasteiger partial charge in [-0.05, 0) is 54.8 Å². The van der Waals surface area contributed by atoms with E-state index in [-0.39, 0.29) is 11.3 Å². The largest absolute Gasteiger partial charge is 0.573 e. The molecule has 0 amide bonds. The van der Waals surface area contributed by atoms with Crippen LogP contribution in [-0.4, -0.2) is 38.1 Å². The van der Waals surface area contributed by atoms with Crippen molar-refractivity contribution in [1.82, 2.24) is 4.98 Å². The Kier molecular flexibility index (Phi) is 6.81. The molecule has 5 nitrogen and oxygen atoms in total. The van der Waals surface area contributed by atoms with E-state index < -0.39 is 38.8 Å². The molecular formula is C22H19F5N2O3S2. The first-order valence-electron chi connectivity index (χ1n) is 10.2. The number of ether oxygens (including phenoxy) is 1. The summed E-state index contributed by atoms with van der Waals surface area (Å²) in [6.45, 7) is 0.863. The first-order chi connectivity index (χ1) is 16.0. The van der Waals surface area contributed by atoms with Gasteiger partial charge in [-0.3, -0.25) is 0 Å². The number of alkyl halides is 3. The minimum atomic E-state index is -4.85. The zero-order valence-electron chi connectivity index (χ0n) is 17.6. The molecule has 1 saturated heterocycles. The van der Waals surface area contributed by atoms with Crippen molar-refractivity contribution in [2.45, 2.75) is 35.8 Å². The number of piperidine rings is 1. The van der Waals surface area contributed by atoms with E-state index in [1.807, 2.05) is 4.90 Å². The van der Waals surface area contributed by atoms with Gasteiger partial charge in [-0.25, -0.2) is 22.2 Å². The Morgan fingerprint density at radius 1 is 1.03 bits per heavy atom. The summed E-state index contributed by atoms with van der Waals surface area (Å²) in [6.07, 6.45) is -3.93. The van der Waals surface area contributed by atoms with Gasteiger partial charge >= 0.3 is 6.36 Å². The lowest BCUT2D eigenvalue weighted by molar-refractivity contribution is -0.274. The summed E-state index contributed by atoms with van der Waals surface area (Å²) in [5.74, 6) is -1.80. The van der Waals surface area contributed by atoms with Crippen LogP contribution in [0.15, 0.2) is 52.7 Å². The molecule has 0 unspecified atom stereocenters. The third-order valence-electron chi connectivity index (χ3n) is 5.38. The van der Waals surface area contributed by atoms with Crippen LogP contribution in [0, 0.1) is 11.6 Å². The van der Waals surface area contributed by atoms with Crippen LogP contribution >= 0.6 is 11.3 Å². The summed E-state index contributed by atoms with van der Waals surface area (Å²) in [5, 5.41) is 1.81. The molecule has 0 atom stereocenters. The molecule has 1 aromatic heterocycles. The van der Waals surface area contributed by atoms with Crippen molar-refractivity contribution in [3.63, 3.8) is 0 Å². The van der Waals surface area contributed by atoms with Gasteiger partial charge in [-0.1, -0.05) is 0 Å². The number of rotatable bonds is 6. The van der Waals surface area contributed by atoms with E-state index in [0.717, 1.165) is 30.3 Å². The highest BCUT2D eigenvalue weighted by Crippen LogP contribution is 2.31. The van der Waals surface area contributed by atoms with Gasteiger partial charge in [0.1, 0.15) is 17.4 Å². The zero-order chi connectivity index (χ0) is 24.5. The first kappa shape index (κ1) is 24.4. The van der Waals surface area contributed by atoms with Gasteiger partial charge in [0.15, 0.2) is 15.0 Å². The van der Waals surface area contributed by atoms with Crippen LogP contribution in [0.25, 0.3) is 0 Å². The number of nitrogens with zero attached hydrogens (tertiary/aromatic N) is 2. The van der Waals surface area contributed by atoms with Crippen LogP contribution in [0.3, 0.4) is 0 Å². The maximum absolute atomic E-state index is 13.4. The van der Waals surface area contributed by atoms with Gasteiger partial charge < -0.3 is 9.64 Å². The molecule has 0 radical (unpaired) electrons. The summed E-state index contributed by atoms with van der Waals surface area (Å²) in [5.41, 5.74) is 1.12. The normalized spacial score (nSPS) is 15.5. The second kappa shape index (κ2) is 9.49. The van der Waals surface area contributed by atoms with Crippen LogP contribution in [-0.2, 0) is 16.3 Å². The molecule has 2 heterocycles. The van der Waals surface area contributed by atoms with Crippen LogP contribution in [0.4, 0.5) is 27.1 Å². The Hall–Kier alpha value is -2.73. The Balaban J connectivity index is 1.37. The number of thiazole rings is 1. The molecule has 0 spiro atoms. The minimum absolute atomic E-state index is 0.0562. The number of halogens is 5. The second-order valence-electron chi connectivity index (χ2n) is 7.83. The fourth-order valence-electron chi connectivity index (χ4n) is 3.83. The van der Waals surface area contributed by atoms with Crippen LogP contribution in [0.2, 0.25) is 0 Å². The lowest BCUT2D eigenvalue weighted by atomic mass is 10.1. The van der Waals surface area contributed by atoms with Crippen LogP contribution in [0.1, 0.15) is 24.1 Å². The molecule has 3 aromatic rings. The van der Waals surface area contributed by atoms with Gasteiger partial charge in [-0.2, -0.15) is 0 Å². The van der Waals surface area contributed by atoms with Crippen molar-refractivity contribution in [2.24, 2.45) is 0 Å². The Morgan fingerprint density at radius 3 is 2.24 bits per heavy atom. The summed E-state index contributed by atoms with van der Waals surface area (Å²) < 4.78 is 93.4. The fourth-order valence-corrected chi connectivity index (χ4v) is 6.44. The molecule has 1 fully saturated rings. The summed E-state index contributed by atoms with van der Waals surface area (Å²) in [7, 11) is -3.72. The van der Waals surface area contributed by atoms with E-state index in [4.69, 9.17) is 0 Å². The average molecular weight is 519 g/mol. The Morgan fingerprint density at radius 2 is 1.65 bits per heavy atom. The molecule has 12 heteroatoms. The van der Waals surface area contributed by atoms with Crippen molar-refractivity contribution >= 4 is 26.3 Å². The van der Waals surface area contributed by atoms with Crippen LogP contribution < -0.4 is 9.64 Å². The second-order valence-corrected chi connectivity index (χ2v) is 10.9. The molecule has 2 aromatic carbocycles. The molecular weight excluding hydrogens is 499 g/mol. The number of aromatic nitrogens is 1. The van der Waals surface area contributed by atoms with E-state index in [2.05, 4.69) is 9.72 Å². The summed E-state index contributed by atoms with van der Waals surface area (Å²) in [6, 6.07) is 7.50. The standard InChI is InChI=1S/C22H19F5N2O3S2/c23-15-9-14(10-16(24)12-15)11-17-13-33-21(28-17)29-7-5-20(6-8-29)34(30,31)19-3-1-18(2-4-19)32-22(25,26)27/h1-4,9-10,12-13,20H,5-8,11H2. The van der Waals surface area contributed by atoms with E-state index >= 15 is 0 Å². The number of benzene rings is 2. The lowest BCUT2D eigenvalue weighted by Crippen LogP contribution is -2.39. The predicted molar refractivity (Wildman–Crippen MR) is 117 cm³/mol. The van der Waals surface area contributed by atoms with E-state index in [1.165, 1.54) is 23.5 Å². The smallest absolute Gasteiger partial charge is 0.406 e.